The summed E-state index contributed by atoms with van der Waals surface area (Å²) in [5.74, 6) is 1.01. The van der Waals surface area contributed by atoms with Crippen LogP contribution in [0.15, 0.2) is 30.3 Å². The van der Waals surface area contributed by atoms with E-state index >= 15 is 0 Å². The highest BCUT2D eigenvalue weighted by Gasteiger charge is 2.43. The zero-order valence-corrected chi connectivity index (χ0v) is 14.7. The van der Waals surface area contributed by atoms with Crippen LogP contribution in [-0.2, 0) is 12.1 Å². The van der Waals surface area contributed by atoms with E-state index in [4.69, 9.17) is 0 Å². The number of aromatic nitrogens is 2. The van der Waals surface area contributed by atoms with E-state index < -0.39 is 5.60 Å². The van der Waals surface area contributed by atoms with Crippen LogP contribution in [0.5, 0.6) is 0 Å². The highest BCUT2D eigenvalue weighted by molar-refractivity contribution is 7.05. The van der Waals surface area contributed by atoms with Crippen molar-refractivity contribution in [1.82, 2.24) is 14.3 Å². The average Bonchev–Trinajstić information content (AvgIpc) is 3.04. The molecule has 1 aromatic heterocycles. The minimum atomic E-state index is -1.01. The van der Waals surface area contributed by atoms with Crippen molar-refractivity contribution in [2.45, 2.75) is 44.2 Å². The van der Waals surface area contributed by atoms with E-state index in [-0.39, 0.29) is 5.92 Å². The first-order valence-electron chi connectivity index (χ1n) is 8.36. The fourth-order valence-electron chi connectivity index (χ4n) is 3.50. The molecular weight excluding hydrogens is 306 g/mol. The number of benzene rings is 1. The van der Waals surface area contributed by atoms with Crippen LogP contribution < -0.4 is 0 Å². The quantitative estimate of drug-likeness (QED) is 0.912. The van der Waals surface area contributed by atoms with Crippen LogP contribution in [0.2, 0.25) is 0 Å². The van der Waals surface area contributed by atoms with Crippen molar-refractivity contribution in [3.8, 4) is 0 Å². The lowest BCUT2D eigenvalue weighted by Gasteiger charge is -2.37. The topological polar surface area (TPSA) is 49.2 Å². The smallest absolute Gasteiger partial charge is 0.156 e. The van der Waals surface area contributed by atoms with Crippen LogP contribution in [0.4, 0.5) is 0 Å². The Labute approximate surface area is 142 Å². The Kier molecular flexibility index (Phi) is 5.09. The third-order valence-corrected chi connectivity index (χ3v) is 5.54. The lowest BCUT2D eigenvalue weighted by molar-refractivity contribution is -0.00104. The van der Waals surface area contributed by atoms with E-state index in [9.17, 15) is 5.11 Å². The van der Waals surface area contributed by atoms with Crippen molar-refractivity contribution in [3.63, 3.8) is 0 Å². The fourth-order valence-corrected chi connectivity index (χ4v) is 4.36. The largest absolute Gasteiger partial charge is 0.378 e. The predicted octanol–water partition coefficient (Wildman–Crippen LogP) is 3.42. The van der Waals surface area contributed by atoms with Gasteiger partial charge in [0.25, 0.3) is 0 Å². The normalized spacial score (nSPS) is 19.0. The van der Waals surface area contributed by atoms with Gasteiger partial charge in [0.05, 0.1) is 6.54 Å². The molecule has 1 N–H and O–H groups in total. The van der Waals surface area contributed by atoms with Crippen LogP contribution in [0.25, 0.3) is 0 Å². The molecule has 1 aliphatic rings. The molecule has 3 rings (SSSR count). The number of hydrogen-bond donors (Lipinski definition) is 1. The van der Waals surface area contributed by atoms with Gasteiger partial charge in [0, 0.05) is 0 Å². The van der Waals surface area contributed by atoms with Gasteiger partial charge in [-0.05, 0) is 50.0 Å². The van der Waals surface area contributed by atoms with Crippen LogP contribution in [0.1, 0.15) is 48.5 Å². The summed E-state index contributed by atoms with van der Waals surface area (Å²) >= 11 is 1.35. The van der Waals surface area contributed by atoms with Gasteiger partial charge in [0.2, 0.25) is 0 Å². The first kappa shape index (κ1) is 16.6. The Morgan fingerprint density at radius 1 is 1.17 bits per heavy atom. The molecule has 5 heteroatoms. The second-order valence-electron chi connectivity index (χ2n) is 6.72. The molecule has 0 saturated heterocycles. The molecule has 124 valence electrons. The molecule has 0 radical (unpaired) electrons. The molecule has 4 nitrogen and oxygen atoms in total. The molecule has 1 aliphatic carbocycles. The van der Waals surface area contributed by atoms with Crippen LogP contribution in [-0.4, -0.2) is 33.5 Å². The number of aliphatic hydroxyl groups is 1. The summed E-state index contributed by atoms with van der Waals surface area (Å²) in [6.07, 6.45) is 5.73. The van der Waals surface area contributed by atoms with Crippen molar-refractivity contribution in [2.24, 2.45) is 5.92 Å². The molecule has 23 heavy (non-hydrogen) atoms. The summed E-state index contributed by atoms with van der Waals surface area (Å²) in [7, 11) is 4.01. The Morgan fingerprint density at radius 3 is 2.52 bits per heavy atom. The Morgan fingerprint density at radius 2 is 1.87 bits per heavy atom. The summed E-state index contributed by atoms with van der Waals surface area (Å²) in [5.41, 5.74) is -0.0661. The number of nitrogens with zero attached hydrogens (tertiary/aromatic N) is 3. The molecule has 1 unspecified atom stereocenters. The minimum Gasteiger partial charge on any atom is -0.378 e. The van der Waals surface area contributed by atoms with Gasteiger partial charge in [-0.1, -0.05) is 49.6 Å². The highest BCUT2D eigenvalue weighted by atomic mass is 32.1. The monoisotopic (exact) mass is 331 g/mol. The first-order chi connectivity index (χ1) is 11.1. The average molecular weight is 331 g/mol. The molecule has 0 bridgehead atoms. The third kappa shape index (κ3) is 3.47. The van der Waals surface area contributed by atoms with E-state index in [2.05, 4.69) is 9.36 Å². The summed E-state index contributed by atoms with van der Waals surface area (Å²) < 4.78 is 4.47. The van der Waals surface area contributed by atoms with Crippen molar-refractivity contribution in [2.75, 3.05) is 14.1 Å². The van der Waals surface area contributed by atoms with Gasteiger partial charge in [0.1, 0.15) is 5.60 Å². The van der Waals surface area contributed by atoms with E-state index in [1.807, 2.05) is 49.3 Å². The molecule has 1 saturated carbocycles. The standard InChI is InChI=1S/C18H25N3OS/c1-21(2)13-16-19-17(23-20-16)18(22,14-9-5-3-6-10-14)15-11-7-4-8-12-15/h3,5-6,9-10,15,22H,4,7-8,11-13H2,1-2H3. The second-order valence-corrected chi connectivity index (χ2v) is 7.47. The van der Waals surface area contributed by atoms with E-state index in [0.717, 1.165) is 29.2 Å². The van der Waals surface area contributed by atoms with Gasteiger partial charge in [-0.25, -0.2) is 4.98 Å². The van der Waals surface area contributed by atoms with Gasteiger partial charge in [0.15, 0.2) is 10.8 Å². The molecular formula is C18H25N3OS. The maximum Gasteiger partial charge on any atom is 0.156 e. The van der Waals surface area contributed by atoms with Crippen LogP contribution in [0, 0.1) is 5.92 Å². The van der Waals surface area contributed by atoms with Gasteiger partial charge in [-0.2, -0.15) is 4.37 Å². The molecule has 1 atom stereocenters. The third-order valence-electron chi connectivity index (χ3n) is 4.66. The summed E-state index contributed by atoms with van der Waals surface area (Å²) in [4.78, 5) is 6.74. The maximum absolute atomic E-state index is 11.7. The van der Waals surface area contributed by atoms with Crippen LogP contribution >= 0.6 is 11.5 Å². The molecule has 1 fully saturated rings. The Hall–Kier alpha value is -1.30. The lowest BCUT2D eigenvalue weighted by atomic mass is 9.73. The molecule has 2 aromatic rings. The van der Waals surface area contributed by atoms with Crippen molar-refractivity contribution >= 4 is 11.5 Å². The number of rotatable bonds is 5. The van der Waals surface area contributed by atoms with E-state index in [1.54, 1.807) is 0 Å². The lowest BCUT2D eigenvalue weighted by Crippen LogP contribution is -2.37. The van der Waals surface area contributed by atoms with Gasteiger partial charge in [-0.15, -0.1) is 0 Å². The SMILES string of the molecule is CN(C)Cc1nsc(C(O)(c2ccccc2)C2CCCCC2)n1. The maximum atomic E-state index is 11.7. The summed E-state index contributed by atoms with van der Waals surface area (Å²) in [5, 5.41) is 12.5. The zero-order chi connectivity index (χ0) is 16.3. The molecule has 1 heterocycles. The fraction of sp³-hybridized carbons (Fsp3) is 0.556. The van der Waals surface area contributed by atoms with Crippen molar-refractivity contribution in [3.05, 3.63) is 46.7 Å². The molecule has 1 aromatic carbocycles. The van der Waals surface area contributed by atoms with E-state index in [0.29, 0.717) is 6.54 Å². The summed E-state index contributed by atoms with van der Waals surface area (Å²) in [6.45, 7) is 0.700. The second kappa shape index (κ2) is 7.07. The van der Waals surface area contributed by atoms with Gasteiger partial charge >= 0.3 is 0 Å². The molecule has 0 amide bonds. The Balaban J connectivity index is 1.99. The Bertz CT molecular complexity index is 622. The van der Waals surface area contributed by atoms with Gasteiger partial charge in [-0.3, -0.25) is 0 Å². The minimum absolute atomic E-state index is 0.221. The van der Waals surface area contributed by atoms with E-state index in [1.165, 1.54) is 30.8 Å². The van der Waals surface area contributed by atoms with Crippen molar-refractivity contribution < 1.29 is 5.11 Å². The first-order valence-corrected chi connectivity index (χ1v) is 9.13. The molecule has 0 spiro atoms. The van der Waals surface area contributed by atoms with Crippen molar-refractivity contribution in [1.29, 1.82) is 0 Å². The summed E-state index contributed by atoms with van der Waals surface area (Å²) in [6, 6.07) is 10.0. The van der Waals surface area contributed by atoms with Gasteiger partial charge < -0.3 is 10.0 Å². The zero-order valence-electron chi connectivity index (χ0n) is 13.9. The molecule has 0 aliphatic heterocycles. The van der Waals surface area contributed by atoms with Crippen LogP contribution in [0.3, 0.4) is 0 Å². The highest BCUT2D eigenvalue weighted by Crippen LogP contribution is 2.44. The predicted molar refractivity (Wildman–Crippen MR) is 93.3 cm³/mol. The number of hydrogen-bond acceptors (Lipinski definition) is 5.